The maximum absolute atomic E-state index is 2.70. The van der Waals surface area contributed by atoms with E-state index >= 15 is 0 Å². The summed E-state index contributed by atoms with van der Waals surface area (Å²) in [5.41, 5.74) is 6.94. The molecule has 0 heteroatoms. The Morgan fingerprint density at radius 2 is 0.638 bits per heavy atom. The fourth-order valence-electron chi connectivity index (χ4n) is 10.2. The molecule has 0 N–H and O–H groups in total. The Bertz CT molecular complexity index is 1450. The Morgan fingerprint density at radius 1 is 0.362 bits per heavy atom. The van der Waals surface area contributed by atoms with Crippen LogP contribution in [-0.4, -0.2) is 0 Å². The van der Waals surface area contributed by atoms with Gasteiger partial charge in [-0.1, -0.05) is 210 Å². The van der Waals surface area contributed by atoms with Crippen LogP contribution in [0.5, 0.6) is 0 Å². The van der Waals surface area contributed by atoms with Gasteiger partial charge in [0.2, 0.25) is 0 Å². The van der Waals surface area contributed by atoms with Gasteiger partial charge in [0.25, 0.3) is 0 Å². The molecule has 0 spiro atoms. The average Bonchev–Trinajstić information content (AvgIpc) is 3.53. The van der Waals surface area contributed by atoms with Crippen molar-refractivity contribution in [3.8, 4) is 0 Å². The van der Waals surface area contributed by atoms with E-state index in [0.717, 1.165) is 0 Å². The van der Waals surface area contributed by atoms with Gasteiger partial charge in [0.05, 0.1) is 0 Å². The highest BCUT2D eigenvalue weighted by atomic mass is 14.8. The standard InChI is InChI=1S/C47H68/c1-39(2,3)35-29-31-45(43(13,14)15,37(35)41(7,8)9)47(33-25-21-19-22-26-33,34-27-23-20-24-28-34)46(44(16,17)18)32-30-36(40(4,5)6)38(46)42(10,11)12/h19-32H,1-18H3. The fourth-order valence-corrected chi connectivity index (χ4v) is 10.2. The molecule has 0 aromatic heterocycles. The third kappa shape index (κ3) is 5.40. The number of allylic oxidation sites excluding steroid dienone is 8. The molecule has 0 radical (unpaired) electrons. The Hall–Kier alpha value is -2.60. The molecule has 0 amide bonds. The summed E-state index contributed by atoms with van der Waals surface area (Å²) < 4.78 is 0. The molecular formula is C47H68. The van der Waals surface area contributed by atoms with Gasteiger partial charge in [-0.15, -0.1) is 0 Å². The summed E-state index contributed by atoms with van der Waals surface area (Å²) >= 11 is 0. The molecule has 256 valence electrons. The van der Waals surface area contributed by atoms with Crippen LogP contribution in [0.1, 0.15) is 136 Å². The van der Waals surface area contributed by atoms with Crippen molar-refractivity contribution in [2.45, 2.75) is 130 Å². The Morgan fingerprint density at radius 3 is 0.851 bits per heavy atom. The van der Waals surface area contributed by atoms with Crippen LogP contribution < -0.4 is 0 Å². The third-order valence-corrected chi connectivity index (χ3v) is 11.4. The first kappa shape index (κ1) is 37.2. The highest BCUT2D eigenvalue weighted by Crippen LogP contribution is 2.79. The first-order valence-electron chi connectivity index (χ1n) is 18.1. The Kier molecular flexibility index (Phi) is 8.88. The molecule has 0 heterocycles. The molecular weight excluding hydrogens is 565 g/mol. The zero-order valence-electron chi connectivity index (χ0n) is 33.6. The summed E-state index contributed by atoms with van der Waals surface area (Å²) in [4.78, 5) is 0. The maximum atomic E-state index is 2.70. The second-order valence-electron chi connectivity index (χ2n) is 20.8. The topological polar surface area (TPSA) is 0 Å². The van der Waals surface area contributed by atoms with Gasteiger partial charge in [0, 0.05) is 16.2 Å². The van der Waals surface area contributed by atoms with Crippen molar-refractivity contribution in [3.63, 3.8) is 0 Å². The second kappa shape index (κ2) is 11.2. The monoisotopic (exact) mass is 633 g/mol. The molecule has 0 nitrogen and oxygen atoms in total. The molecule has 2 aromatic rings. The van der Waals surface area contributed by atoms with E-state index in [1.165, 1.54) is 22.3 Å². The van der Waals surface area contributed by atoms with Gasteiger partial charge in [-0.2, -0.15) is 0 Å². The highest BCUT2D eigenvalue weighted by molar-refractivity contribution is 5.66. The van der Waals surface area contributed by atoms with Crippen LogP contribution >= 0.6 is 0 Å². The van der Waals surface area contributed by atoms with Crippen molar-refractivity contribution in [2.24, 2.45) is 43.3 Å². The lowest BCUT2D eigenvalue weighted by Gasteiger charge is -2.69. The van der Waals surface area contributed by atoms with E-state index in [9.17, 15) is 0 Å². The minimum Gasteiger partial charge on any atom is -0.0722 e. The minimum absolute atomic E-state index is 0.0229. The maximum Gasteiger partial charge on any atom is 0.0469 e. The normalized spacial score (nSPS) is 23.4. The smallest absolute Gasteiger partial charge is 0.0469 e. The number of hydrogen-bond acceptors (Lipinski definition) is 0. The number of rotatable bonds is 4. The molecule has 0 aliphatic heterocycles. The van der Waals surface area contributed by atoms with Gasteiger partial charge in [-0.05, 0) is 65.9 Å². The van der Waals surface area contributed by atoms with Gasteiger partial charge in [-0.25, -0.2) is 0 Å². The zero-order valence-corrected chi connectivity index (χ0v) is 33.6. The lowest BCUT2D eigenvalue weighted by atomic mass is 9.32. The van der Waals surface area contributed by atoms with Crippen molar-refractivity contribution in [1.29, 1.82) is 0 Å². The van der Waals surface area contributed by atoms with Gasteiger partial charge < -0.3 is 0 Å². The molecule has 0 fully saturated rings. The SMILES string of the molecule is CC(C)(C)C1=C(C(C)(C)C)C(C(C)(C)C)(C(c2ccccc2)(c2ccccc2)C2(C(C)(C)C)C=CC(C(C)(C)C)=C2C(C)(C)C)C=C1. The van der Waals surface area contributed by atoms with Crippen molar-refractivity contribution >= 4 is 0 Å². The van der Waals surface area contributed by atoms with Crippen molar-refractivity contribution < 1.29 is 0 Å². The fraction of sp³-hybridized carbons (Fsp3) is 0.574. The Balaban J connectivity index is 2.58. The molecule has 0 saturated carbocycles. The largest absolute Gasteiger partial charge is 0.0722 e. The van der Waals surface area contributed by atoms with Crippen LogP contribution in [-0.2, 0) is 5.41 Å². The van der Waals surface area contributed by atoms with E-state index in [-0.39, 0.29) is 32.5 Å². The molecule has 2 aliphatic rings. The molecule has 2 atom stereocenters. The van der Waals surface area contributed by atoms with Crippen LogP contribution in [0.25, 0.3) is 0 Å². The van der Waals surface area contributed by atoms with Crippen molar-refractivity contribution in [1.82, 2.24) is 0 Å². The summed E-state index contributed by atoms with van der Waals surface area (Å²) in [6.07, 6.45) is 10.5. The first-order chi connectivity index (χ1) is 21.1. The summed E-state index contributed by atoms with van der Waals surface area (Å²) in [6.45, 7) is 44.4. The van der Waals surface area contributed by atoms with E-state index in [4.69, 9.17) is 0 Å². The molecule has 0 saturated heterocycles. The summed E-state index contributed by atoms with van der Waals surface area (Å²) in [6, 6.07) is 23.4. The van der Waals surface area contributed by atoms with Crippen molar-refractivity contribution in [2.75, 3.05) is 0 Å². The van der Waals surface area contributed by atoms with Gasteiger partial charge in [0.15, 0.2) is 0 Å². The van der Waals surface area contributed by atoms with Gasteiger partial charge in [0.1, 0.15) is 0 Å². The number of benzene rings is 2. The lowest BCUT2D eigenvalue weighted by Crippen LogP contribution is -2.67. The third-order valence-electron chi connectivity index (χ3n) is 11.4. The molecule has 2 aliphatic carbocycles. The van der Waals surface area contributed by atoms with Crippen molar-refractivity contribution in [3.05, 3.63) is 118 Å². The minimum atomic E-state index is -0.531. The number of hydrogen-bond donors (Lipinski definition) is 0. The lowest BCUT2D eigenvalue weighted by molar-refractivity contribution is -0.0319. The Labute approximate surface area is 290 Å². The quantitative estimate of drug-likeness (QED) is 0.315. The van der Waals surface area contributed by atoms with Crippen LogP contribution in [0.4, 0.5) is 0 Å². The summed E-state index contributed by atoms with van der Waals surface area (Å²) in [5, 5.41) is 0. The zero-order chi connectivity index (χ0) is 35.9. The second-order valence-corrected chi connectivity index (χ2v) is 20.8. The molecule has 4 rings (SSSR count). The first-order valence-corrected chi connectivity index (χ1v) is 18.1. The highest BCUT2D eigenvalue weighted by Gasteiger charge is 2.74. The van der Waals surface area contributed by atoms with Gasteiger partial charge in [-0.3, -0.25) is 0 Å². The molecule has 47 heavy (non-hydrogen) atoms. The van der Waals surface area contributed by atoms with E-state index in [2.05, 4.69) is 210 Å². The van der Waals surface area contributed by atoms with E-state index in [1.54, 1.807) is 11.1 Å². The molecule has 2 aromatic carbocycles. The average molecular weight is 633 g/mol. The van der Waals surface area contributed by atoms with E-state index in [1.807, 2.05) is 0 Å². The van der Waals surface area contributed by atoms with Crippen LogP contribution in [0.3, 0.4) is 0 Å². The predicted octanol–water partition coefficient (Wildman–Crippen LogP) is 14.0. The van der Waals surface area contributed by atoms with E-state index < -0.39 is 16.2 Å². The summed E-state index contributed by atoms with van der Waals surface area (Å²) in [7, 11) is 0. The van der Waals surface area contributed by atoms with Crippen LogP contribution in [0.15, 0.2) is 107 Å². The molecule has 2 unspecified atom stereocenters. The van der Waals surface area contributed by atoms with E-state index in [0.29, 0.717) is 0 Å². The van der Waals surface area contributed by atoms with Crippen LogP contribution in [0.2, 0.25) is 0 Å². The predicted molar refractivity (Wildman–Crippen MR) is 208 cm³/mol. The summed E-state index contributed by atoms with van der Waals surface area (Å²) in [5.74, 6) is 0. The molecule has 0 bridgehead atoms. The van der Waals surface area contributed by atoms with Crippen LogP contribution in [0, 0.1) is 43.3 Å². The van der Waals surface area contributed by atoms with Gasteiger partial charge >= 0.3 is 0 Å².